The van der Waals surface area contributed by atoms with Gasteiger partial charge in [-0.2, -0.15) is 0 Å². The lowest BCUT2D eigenvalue weighted by Gasteiger charge is -2.37. The van der Waals surface area contributed by atoms with E-state index in [1.54, 1.807) is 19.9 Å². The summed E-state index contributed by atoms with van der Waals surface area (Å²) in [6, 6.07) is 3.54. The van der Waals surface area contributed by atoms with Crippen LogP contribution in [0.5, 0.6) is 0 Å². The number of nitrogens with one attached hydrogen (secondary N) is 1. The Morgan fingerprint density at radius 1 is 1.37 bits per heavy atom. The number of hydrogen-bond donors (Lipinski definition) is 1. The second-order valence-corrected chi connectivity index (χ2v) is 6.38. The lowest BCUT2D eigenvalue weighted by Crippen LogP contribution is -2.64. The number of anilines is 1. The summed E-state index contributed by atoms with van der Waals surface area (Å²) in [7, 11) is 0. The number of rotatable bonds is 1. The van der Waals surface area contributed by atoms with Crippen LogP contribution in [0, 0.1) is 6.92 Å². The van der Waals surface area contributed by atoms with E-state index in [1.807, 2.05) is 13.0 Å². The van der Waals surface area contributed by atoms with Crippen molar-refractivity contribution in [3.63, 3.8) is 0 Å². The lowest BCUT2D eigenvalue weighted by molar-refractivity contribution is -0.134. The monoisotopic (exact) mass is 344 g/mol. The normalized spacial score (nSPS) is 18.5. The summed E-state index contributed by atoms with van der Waals surface area (Å²) in [4.78, 5) is 25.6. The van der Waals surface area contributed by atoms with E-state index in [2.05, 4.69) is 21.2 Å². The quantitative estimate of drug-likeness (QED) is 0.850. The molecule has 0 bridgehead atoms. The molecule has 0 aromatic heterocycles. The van der Waals surface area contributed by atoms with E-state index in [0.29, 0.717) is 10.7 Å². The van der Waals surface area contributed by atoms with E-state index in [0.717, 1.165) is 10.0 Å². The molecule has 6 heteroatoms. The smallest absolute Gasteiger partial charge is 0.252 e. The predicted octanol–water partition coefficient (Wildman–Crippen LogP) is 2.65. The molecule has 102 valence electrons. The highest BCUT2D eigenvalue weighted by Gasteiger charge is 2.40. The van der Waals surface area contributed by atoms with Crippen LogP contribution in [0.2, 0.25) is 5.02 Å². The maximum absolute atomic E-state index is 12.4. The van der Waals surface area contributed by atoms with Gasteiger partial charge in [-0.1, -0.05) is 11.6 Å². The van der Waals surface area contributed by atoms with Gasteiger partial charge in [0.05, 0.1) is 5.69 Å². The maximum Gasteiger partial charge on any atom is 0.252 e. The molecule has 1 aromatic rings. The number of halogens is 2. The first-order valence-corrected chi connectivity index (χ1v) is 6.98. The van der Waals surface area contributed by atoms with Gasteiger partial charge in [0, 0.05) is 9.50 Å². The zero-order chi connectivity index (χ0) is 14.4. The van der Waals surface area contributed by atoms with Crippen molar-refractivity contribution in [1.82, 2.24) is 5.32 Å². The summed E-state index contributed by atoms with van der Waals surface area (Å²) >= 11 is 9.52. The molecule has 1 N–H and O–H groups in total. The van der Waals surface area contributed by atoms with E-state index in [1.165, 1.54) is 4.90 Å². The molecule has 4 nitrogen and oxygen atoms in total. The number of carbonyl (C=O) groups is 2. The summed E-state index contributed by atoms with van der Waals surface area (Å²) in [5.41, 5.74) is 0.612. The molecule has 0 radical (unpaired) electrons. The largest absolute Gasteiger partial charge is 0.341 e. The van der Waals surface area contributed by atoms with Gasteiger partial charge >= 0.3 is 0 Å². The van der Waals surface area contributed by atoms with Gasteiger partial charge in [-0.25, -0.2) is 0 Å². The lowest BCUT2D eigenvalue weighted by atomic mass is 10.00. The fourth-order valence-electron chi connectivity index (χ4n) is 2.03. The highest BCUT2D eigenvalue weighted by Crippen LogP contribution is 2.33. The third kappa shape index (κ3) is 2.62. The third-order valence-corrected chi connectivity index (χ3v) is 4.09. The predicted molar refractivity (Wildman–Crippen MR) is 78.5 cm³/mol. The van der Waals surface area contributed by atoms with Crippen molar-refractivity contribution in [3.8, 4) is 0 Å². The van der Waals surface area contributed by atoms with Gasteiger partial charge in [-0.15, -0.1) is 0 Å². The molecule has 0 aliphatic carbocycles. The van der Waals surface area contributed by atoms with Crippen LogP contribution in [0.15, 0.2) is 16.6 Å². The van der Waals surface area contributed by atoms with Crippen LogP contribution < -0.4 is 10.2 Å². The molecule has 0 atom stereocenters. The second-order valence-electron chi connectivity index (χ2n) is 5.12. The molecular weight excluding hydrogens is 332 g/mol. The highest BCUT2D eigenvalue weighted by atomic mass is 79.9. The molecule has 0 spiro atoms. The summed E-state index contributed by atoms with van der Waals surface area (Å²) in [5.74, 6) is -0.346. The van der Waals surface area contributed by atoms with Crippen molar-refractivity contribution in [2.45, 2.75) is 26.3 Å². The van der Waals surface area contributed by atoms with Gasteiger partial charge in [0.2, 0.25) is 5.91 Å². The molecule has 1 aromatic carbocycles. The number of carbonyl (C=O) groups excluding carboxylic acids is 2. The molecule has 0 saturated carbocycles. The van der Waals surface area contributed by atoms with Crippen molar-refractivity contribution in [3.05, 3.63) is 27.2 Å². The Morgan fingerprint density at radius 2 is 2.00 bits per heavy atom. The van der Waals surface area contributed by atoms with Crippen LogP contribution in [0.3, 0.4) is 0 Å². The van der Waals surface area contributed by atoms with E-state index in [9.17, 15) is 9.59 Å². The van der Waals surface area contributed by atoms with Crippen LogP contribution in [-0.2, 0) is 9.59 Å². The van der Waals surface area contributed by atoms with Gasteiger partial charge in [-0.05, 0) is 54.4 Å². The molecule has 19 heavy (non-hydrogen) atoms. The van der Waals surface area contributed by atoms with Crippen LogP contribution in [-0.4, -0.2) is 23.9 Å². The molecular formula is C13H14BrClN2O2. The minimum Gasteiger partial charge on any atom is -0.341 e. The number of nitrogens with zero attached hydrogens (tertiary/aromatic N) is 1. The first-order chi connectivity index (χ1) is 8.72. The van der Waals surface area contributed by atoms with Crippen molar-refractivity contribution in [1.29, 1.82) is 0 Å². The molecule has 2 rings (SSSR count). The minimum atomic E-state index is -0.911. The average Bonchev–Trinajstić information content (AvgIpc) is 2.28. The maximum atomic E-state index is 12.4. The van der Waals surface area contributed by atoms with E-state index in [-0.39, 0.29) is 18.4 Å². The molecule has 0 unspecified atom stereocenters. The number of benzene rings is 1. The van der Waals surface area contributed by atoms with E-state index < -0.39 is 5.54 Å². The SMILES string of the molecule is Cc1cc(Br)c(N2CC(=O)NC(C)(C)C2=O)cc1Cl. The summed E-state index contributed by atoms with van der Waals surface area (Å²) in [6.07, 6.45) is 0. The van der Waals surface area contributed by atoms with Gasteiger partial charge in [0.1, 0.15) is 12.1 Å². The Balaban J connectivity index is 2.49. The zero-order valence-corrected chi connectivity index (χ0v) is 13.2. The van der Waals surface area contributed by atoms with Crippen LogP contribution >= 0.6 is 27.5 Å². The van der Waals surface area contributed by atoms with Gasteiger partial charge < -0.3 is 5.32 Å². The molecule has 1 aliphatic rings. The van der Waals surface area contributed by atoms with E-state index in [4.69, 9.17) is 11.6 Å². The minimum absolute atomic E-state index is 0.000251. The van der Waals surface area contributed by atoms with Crippen LogP contribution in [0.25, 0.3) is 0 Å². The summed E-state index contributed by atoms with van der Waals surface area (Å²) in [6.45, 7) is 5.25. The number of amides is 2. The van der Waals surface area contributed by atoms with Crippen molar-refractivity contribution < 1.29 is 9.59 Å². The Bertz CT molecular complexity index is 572. The standard InChI is InChI=1S/C13H14BrClN2O2/c1-7-4-8(14)10(5-9(7)15)17-6-11(18)16-13(2,3)12(17)19/h4-5H,6H2,1-3H3,(H,16,18). The van der Waals surface area contributed by atoms with Gasteiger partial charge in [-0.3, -0.25) is 14.5 Å². The summed E-state index contributed by atoms with van der Waals surface area (Å²) in [5, 5.41) is 3.24. The molecule has 1 saturated heterocycles. The van der Waals surface area contributed by atoms with Gasteiger partial charge in [0.25, 0.3) is 5.91 Å². The Labute approximate surface area is 125 Å². The molecule has 1 heterocycles. The first kappa shape index (κ1) is 14.3. The van der Waals surface area contributed by atoms with Crippen LogP contribution in [0.1, 0.15) is 19.4 Å². The topological polar surface area (TPSA) is 49.4 Å². The van der Waals surface area contributed by atoms with Crippen molar-refractivity contribution in [2.75, 3.05) is 11.4 Å². The van der Waals surface area contributed by atoms with Crippen molar-refractivity contribution in [2.24, 2.45) is 0 Å². The number of hydrogen-bond acceptors (Lipinski definition) is 2. The average molecular weight is 346 g/mol. The Morgan fingerprint density at radius 3 is 2.63 bits per heavy atom. The Hall–Kier alpha value is -1.07. The second kappa shape index (κ2) is 4.80. The summed E-state index contributed by atoms with van der Waals surface area (Å²) < 4.78 is 0.744. The number of aryl methyl sites for hydroxylation is 1. The fraction of sp³-hybridized carbons (Fsp3) is 0.385. The Kier molecular flexibility index (Phi) is 3.62. The zero-order valence-electron chi connectivity index (χ0n) is 10.9. The number of piperazine rings is 1. The first-order valence-electron chi connectivity index (χ1n) is 5.81. The third-order valence-electron chi connectivity index (χ3n) is 3.05. The fourth-order valence-corrected chi connectivity index (χ4v) is 2.86. The van der Waals surface area contributed by atoms with Crippen LogP contribution in [0.4, 0.5) is 5.69 Å². The van der Waals surface area contributed by atoms with E-state index >= 15 is 0 Å². The van der Waals surface area contributed by atoms with Crippen molar-refractivity contribution >= 4 is 45.0 Å². The highest BCUT2D eigenvalue weighted by molar-refractivity contribution is 9.10. The molecule has 1 fully saturated rings. The van der Waals surface area contributed by atoms with Gasteiger partial charge in [0.15, 0.2) is 0 Å². The molecule has 2 amide bonds. The molecule has 1 aliphatic heterocycles.